The third-order valence-electron chi connectivity index (χ3n) is 1.94. The number of benzene rings is 1. The van der Waals surface area contributed by atoms with Crippen LogP contribution in [0.5, 0.6) is 0 Å². The molecule has 3 heteroatoms. The van der Waals surface area contributed by atoms with E-state index in [0.29, 0.717) is 10.3 Å². The molecule has 0 aliphatic carbocycles. The van der Waals surface area contributed by atoms with Crippen molar-refractivity contribution in [1.82, 2.24) is 0 Å². The third-order valence-corrected chi connectivity index (χ3v) is 3.11. The Morgan fingerprint density at radius 2 is 2.23 bits per heavy atom. The Balaban J connectivity index is 2.90. The van der Waals surface area contributed by atoms with Crippen molar-refractivity contribution in [3.8, 4) is 6.07 Å². The number of halogens is 1. The summed E-state index contributed by atoms with van der Waals surface area (Å²) in [6.07, 6.45) is 0. The standard InChI is InChI=1S/C10H6FNS/c1-6-2-3-9(11)8-4-7(5-12)13-10(6)8/h2-4H,1H3. The lowest BCUT2D eigenvalue weighted by atomic mass is 10.2. The second-order valence-electron chi connectivity index (χ2n) is 2.83. The first-order valence-electron chi connectivity index (χ1n) is 3.81. The fourth-order valence-corrected chi connectivity index (χ4v) is 2.22. The average Bonchev–Trinajstić information content (AvgIpc) is 2.56. The van der Waals surface area contributed by atoms with Gasteiger partial charge in [-0.25, -0.2) is 4.39 Å². The van der Waals surface area contributed by atoms with Crippen molar-refractivity contribution in [2.24, 2.45) is 0 Å². The second kappa shape index (κ2) is 2.82. The van der Waals surface area contributed by atoms with Gasteiger partial charge in [-0.05, 0) is 24.6 Å². The zero-order chi connectivity index (χ0) is 9.42. The van der Waals surface area contributed by atoms with Crippen molar-refractivity contribution in [1.29, 1.82) is 5.26 Å². The summed E-state index contributed by atoms with van der Waals surface area (Å²) >= 11 is 1.34. The highest BCUT2D eigenvalue weighted by molar-refractivity contribution is 7.19. The van der Waals surface area contributed by atoms with Gasteiger partial charge in [0.1, 0.15) is 16.8 Å². The first kappa shape index (κ1) is 8.21. The Bertz CT molecular complexity index is 468. The first-order valence-corrected chi connectivity index (χ1v) is 4.63. The van der Waals surface area contributed by atoms with Crippen molar-refractivity contribution in [3.05, 3.63) is 34.5 Å². The van der Waals surface area contributed by atoms with Gasteiger partial charge in [0.05, 0.1) is 0 Å². The van der Waals surface area contributed by atoms with Crippen molar-refractivity contribution >= 4 is 21.4 Å². The Hall–Kier alpha value is -1.40. The van der Waals surface area contributed by atoms with E-state index in [1.165, 1.54) is 17.4 Å². The van der Waals surface area contributed by atoms with Crippen molar-refractivity contribution in [2.75, 3.05) is 0 Å². The van der Waals surface area contributed by atoms with Gasteiger partial charge in [-0.3, -0.25) is 0 Å². The molecule has 0 aliphatic heterocycles. The van der Waals surface area contributed by atoms with Crippen LogP contribution in [0.3, 0.4) is 0 Å². The maximum atomic E-state index is 13.2. The lowest BCUT2D eigenvalue weighted by Gasteiger charge is -1.94. The lowest BCUT2D eigenvalue weighted by Crippen LogP contribution is -1.76. The fraction of sp³-hybridized carbons (Fsp3) is 0.100. The van der Waals surface area contributed by atoms with E-state index in [0.717, 1.165) is 10.3 Å². The summed E-state index contributed by atoms with van der Waals surface area (Å²) < 4.78 is 14.1. The molecule has 64 valence electrons. The monoisotopic (exact) mass is 191 g/mol. The van der Waals surface area contributed by atoms with Gasteiger partial charge in [-0.1, -0.05) is 6.07 Å². The van der Waals surface area contributed by atoms with Crippen LogP contribution in [0.4, 0.5) is 4.39 Å². The Morgan fingerprint density at radius 1 is 1.46 bits per heavy atom. The zero-order valence-corrected chi connectivity index (χ0v) is 7.78. The molecular formula is C10H6FNS. The van der Waals surface area contributed by atoms with Gasteiger partial charge in [0, 0.05) is 10.1 Å². The molecule has 2 rings (SSSR count). The van der Waals surface area contributed by atoms with Crippen LogP contribution in [0.15, 0.2) is 18.2 Å². The molecule has 0 spiro atoms. The summed E-state index contributed by atoms with van der Waals surface area (Å²) in [7, 11) is 0. The molecule has 0 amide bonds. The van der Waals surface area contributed by atoms with E-state index in [1.54, 1.807) is 12.1 Å². The van der Waals surface area contributed by atoms with E-state index >= 15 is 0 Å². The van der Waals surface area contributed by atoms with E-state index in [1.807, 2.05) is 13.0 Å². The minimum Gasteiger partial charge on any atom is -0.206 e. The van der Waals surface area contributed by atoms with Crippen LogP contribution in [0.25, 0.3) is 10.1 Å². The number of hydrogen-bond acceptors (Lipinski definition) is 2. The topological polar surface area (TPSA) is 23.8 Å². The normalized spacial score (nSPS) is 10.2. The molecule has 0 aliphatic rings. The lowest BCUT2D eigenvalue weighted by molar-refractivity contribution is 0.640. The van der Waals surface area contributed by atoms with Crippen molar-refractivity contribution in [2.45, 2.75) is 6.92 Å². The molecule has 0 saturated heterocycles. The maximum Gasteiger partial charge on any atom is 0.131 e. The summed E-state index contributed by atoms with van der Waals surface area (Å²) in [4.78, 5) is 0.559. The van der Waals surface area contributed by atoms with Crippen LogP contribution < -0.4 is 0 Å². The van der Waals surface area contributed by atoms with Crippen LogP contribution in [0.1, 0.15) is 10.4 Å². The number of fused-ring (bicyclic) bond motifs is 1. The minimum absolute atomic E-state index is 0.252. The highest BCUT2D eigenvalue weighted by Crippen LogP contribution is 2.29. The second-order valence-corrected chi connectivity index (χ2v) is 3.88. The first-order chi connectivity index (χ1) is 6.22. The zero-order valence-electron chi connectivity index (χ0n) is 6.97. The molecule has 1 aromatic carbocycles. The van der Waals surface area contributed by atoms with Crippen LogP contribution in [0, 0.1) is 24.1 Å². The summed E-state index contributed by atoms with van der Waals surface area (Å²) in [5.74, 6) is -0.252. The molecule has 1 aromatic heterocycles. The number of aryl methyl sites for hydroxylation is 1. The molecule has 1 nitrogen and oxygen atoms in total. The third kappa shape index (κ3) is 1.20. The minimum atomic E-state index is -0.252. The quantitative estimate of drug-likeness (QED) is 0.627. The summed E-state index contributed by atoms with van der Waals surface area (Å²) in [5.41, 5.74) is 1.02. The molecule has 0 radical (unpaired) electrons. The van der Waals surface area contributed by atoms with Gasteiger partial charge >= 0.3 is 0 Å². The maximum absolute atomic E-state index is 13.2. The molecule has 1 heterocycles. The van der Waals surface area contributed by atoms with Gasteiger partial charge in [-0.15, -0.1) is 11.3 Å². The molecule has 0 atom stereocenters. The SMILES string of the molecule is Cc1ccc(F)c2cc(C#N)sc12. The molecule has 13 heavy (non-hydrogen) atoms. The van der Waals surface area contributed by atoms with Crippen LogP contribution in [0.2, 0.25) is 0 Å². The van der Waals surface area contributed by atoms with Crippen LogP contribution >= 0.6 is 11.3 Å². The number of thiophene rings is 1. The van der Waals surface area contributed by atoms with Gasteiger partial charge in [0.2, 0.25) is 0 Å². The number of hydrogen-bond donors (Lipinski definition) is 0. The van der Waals surface area contributed by atoms with Gasteiger partial charge in [0.15, 0.2) is 0 Å². The van der Waals surface area contributed by atoms with Crippen molar-refractivity contribution < 1.29 is 4.39 Å². The molecule has 0 saturated carbocycles. The van der Waals surface area contributed by atoms with Gasteiger partial charge in [-0.2, -0.15) is 5.26 Å². The van der Waals surface area contributed by atoms with Crippen molar-refractivity contribution in [3.63, 3.8) is 0 Å². The summed E-state index contributed by atoms with van der Waals surface area (Å²) in [6, 6.07) is 6.79. The van der Waals surface area contributed by atoms with E-state index in [9.17, 15) is 4.39 Å². The van der Waals surface area contributed by atoms with E-state index in [-0.39, 0.29) is 5.82 Å². The number of nitriles is 1. The highest BCUT2D eigenvalue weighted by Gasteiger charge is 2.07. The van der Waals surface area contributed by atoms with Crippen LogP contribution in [-0.2, 0) is 0 Å². The smallest absolute Gasteiger partial charge is 0.131 e. The molecule has 0 bridgehead atoms. The Kier molecular flexibility index (Phi) is 1.78. The average molecular weight is 191 g/mol. The highest BCUT2D eigenvalue weighted by atomic mass is 32.1. The molecule has 2 aromatic rings. The number of nitrogens with zero attached hydrogens (tertiary/aromatic N) is 1. The molecular weight excluding hydrogens is 185 g/mol. The summed E-state index contributed by atoms with van der Waals surface area (Å²) in [6.45, 7) is 1.92. The molecule has 0 unspecified atom stereocenters. The van der Waals surface area contributed by atoms with Crippen LogP contribution in [-0.4, -0.2) is 0 Å². The number of rotatable bonds is 0. The van der Waals surface area contributed by atoms with E-state index in [2.05, 4.69) is 0 Å². The Morgan fingerprint density at radius 3 is 2.85 bits per heavy atom. The molecule has 0 N–H and O–H groups in total. The van der Waals surface area contributed by atoms with Gasteiger partial charge < -0.3 is 0 Å². The predicted molar refractivity (Wildman–Crippen MR) is 51.2 cm³/mol. The largest absolute Gasteiger partial charge is 0.206 e. The Labute approximate surface area is 79.0 Å². The van der Waals surface area contributed by atoms with Gasteiger partial charge in [0.25, 0.3) is 0 Å². The van der Waals surface area contributed by atoms with E-state index in [4.69, 9.17) is 5.26 Å². The predicted octanol–water partition coefficient (Wildman–Crippen LogP) is 3.22. The molecule has 0 fully saturated rings. The summed E-state index contributed by atoms with van der Waals surface area (Å²) in [5, 5.41) is 9.22. The van der Waals surface area contributed by atoms with E-state index < -0.39 is 0 Å². The fourth-order valence-electron chi connectivity index (χ4n) is 1.28.